The minimum atomic E-state index is -1.03. The summed E-state index contributed by atoms with van der Waals surface area (Å²) < 4.78 is 0. The van der Waals surface area contributed by atoms with Gasteiger partial charge in [0, 0.05) is 6.42 Å². The number of carbonyl (C=O) groups is 1. The van der Waals surface area contributed by atoms with Gasteiger partial charge in [0.1, 0.15) is 5.54 Å². The van der Waals surface area contributed by atoms with E-state index in [2.05, 4.69) is 10.6 Å². The fourth-order valence-corrected chi connectivity index (χ4v) is 3.25. The first-order valence-electron chi connectivity index (χ1n) is 8.28. The molecule has 1 fully saturated rings. The van der Waals surface area contributed by atoms with E-state index >= 15 is 0 Å². The number of hydrogen-bond acceptors (Lipinski definition) is 3. The Balaban J connectivity index is 1.78. The Morgan fingerprint density at radius 2 is 1.67 bits per heavy atom. The summed E-state index contributed by atoms with van der Waals surface area (Å²) in [5.74, 6) is -0.157. The van der Waals surface area contributed by atoms with Crippen LogP contribution in [0.5, 0.6) is 0 Å². The van der Waals surface area contributed by atoms with Gasteiger partial charge in [-0.25, -0.2) is 0 Å². The van der Waals surface area contributed by atoms with Crippen LogP contribution >= 0.6 is 0 Å². The Labute approximate surface area is 142 Å². The van der Waals surface area contributed by atoms with Gasteiger partial charge in [-0.2, -0.15) is 0 Å². The predicted octanol–water partition coefficient (Wildman–Crippen LogP) is 1.84. The van der Waals surface area contributed by atoms with Crippen LogP contribution in [0.1, 0.15) is 18.1 Å². The molecule has 0 saturated carbocycles. The zero-order valence-electron chi connectivity index (χ0n) is 13.8. The molecule has 4 nitrogen and oxygen atoms in total. The lowest BCUT2D eigenvalue weighted by molar-refractivity contribution is -0.127. The van der Waals surface area contributed by atoms with E-state index in [1.165, 1.54) is 0 Å². The Kier molecular flexibility index (Phi) is 4.97. The van der Waals surface area contributed by atoms with Crippen molar-refractivity contribution < 1.29 is 9.90 Å². The molecule has 1 amide bonds. The van der Waals surface area contributed by atoms with Crippen LogP contribution in [0.2, 0.25) is 0 Å². The lowest BCUT2D eigenvalue weighted by atomic mass is 9.82. The highest BCUT2D eigenvalue weighted by molar-refractivity contribution is 5.90. The lowest BCUT2D eigenvalue weighted by Gasteiger charge is -2.32. The van der Waals surface area contributed by atoms with E-state index in [0.29, 0.717) is 12.8 Å². The van der Waals surface area contributed by atoms with Gasteiger partial charge >= 0.3 is 0 Å². The molecule has 1 aliphatic heterocycles. The van der Waals surface area contributed by atoms with Crippen LogP contribution in [-0.2, 0) is 17.6 Å². The lowest BCUT2D eigenvalue weighted by Crippen LogP contribution is -2.58. The van der Waals surface area contributed by atoms with Crippen molar-refractivity contribution in [3.63, 3.8) is 0 Å². The van der Waals surface area contributed by atoms with Crippen LogP contribution < -0.4 is 10.6 Å². The van der Waals surface area contributed by atoms with Crippen LogP contribution in [0.3, 0.4) is 0 Å². The fraction of sp³-hybridized carbons (Fsp3) is 0.300. The fourth-order valence-electron chi connectivity index (χ4n) is 3.25. The van der Waals surface area contributed by atoms with Crippen molar-refractivity contribution in [1.82, 2.24) is 10.6 Å². The van der Waals surface area contributed by atoms with Gasteiger partial charge in [0.15, 0.2) is 0 Å². The van der Waals surface area contributed by atoms with Gasteiger partial charge < -0.3 is 10.4 Å². The maximum Gasteiger partial charge on any atom is 0.244 e. The smallest absolute Gasteiger partial charge is 0.244 e. The number of benzene rings is 2. The first-order valence-corrected chi connectivity index (χ1v) is 8.28. The molecule has 0 aromatic heterocycles. The number of rotatable bonds is 6. The number of aliphatic hydroxyl groups is 1. The van der Waals surface area contributed by atoms with E-state index in [1.54, 1.807) is 0 Å². The highest BCUT2D eigenvalue weighted by Crippen LogP contribution is 2.25. The summed E-state index contributed by atoms with van der Waals surface area (Å²) in [6, 6.07) is 19.7. The molecule has 24 heavy (non-hydrogen) atoms. The Morgan fingerprint density at radius 3 is 2.21 bits per heavy atom. The zero-order valence-corrected chi connectivity index (χ0v) is 13.8. The molecule has 3 N–H and O–H groups in total. The number of aliphatic hydroxyl groups excluding tert-OH is 1. The molecule has 3 rings (SSSR count). The van der Waals surface area contributed by atoms with Gasteiger partial charge in [0.2, 0.25) is 5.91 Å². The van der Waals surface area contributed by atoms with Gasteiger partial charge in [-0.1, -0.05) is 60.7 Å². The van der Waals surface area contributed by atoms with Crippen LogP contribution in [-0.4, -0.2) is 28.8 Å². The summed E-state index contributed by atoms with van der Waals surface area (Å²) in [6.07, 6.45) is 1.81. The minimum Gasteiger partial charge on any atom is -0.390 e. The quantitative estimate of drug-likeness (QED) is 0.760. The monoisotopic (exact) mass is 323 g/mol. The van der Waals surface area contributed by atoms with Crippen molar-refractivity contribution in [3.05, 3.63) is 78.2 Å². The van der Waals surface area contributed by atoms with Gasteiger partial charge in [-0.15, -0.1) is 0 Å². The van der Waals surface area contributed by atoms with E-state index in [0.717, 1.165) is 11.1 Å². The van der Waals surface area contributed by atoms with Crippen LogP contribution in [0, 0.1) is 6.42 Å². The van der Waals surface area contributed by atoms with Gasteiger partial charge in [-0.05, 0) is 30.9 Å². The molecule has 2 aromatic rings. The summed E-state index contributed by atoms with van der Waals surface area (Å²) in [4.78, 5) is 12.6. The number of carbonyl (C=O) groups excluding carboxylic acids is 1. The maximum atomic E-state index is 12.6. The second kappa shape index (κ2) is 7.16. The summed E-state index contributed by atoms with van der Waals surface area (Å²) in [6.45, 7) is 1.88. The summed E-state index contributed by atoms with van der Waals surface area (Å²) in [7, 11) is 0. The van der Waals surface area contributed by atoms with E-state index in [4.69, 9.17) is 0 Å². The topological polar surface area (TPSA) is 61.4 Å². The largest absolute Gasteiger partial charge is 0.390 e. The highest BCUT2D eigenvalue weighted by atomic mass is 16.3. The van der Waals surface area contributed by atoms with Crippen molar-refractivity contribution in [1.29, 1.82) is 0 Å². The average Bonchev–Trinajstić information content (AvgIpc) is 2.89. The highest BCUT2D eigenvalue weighted by Gasteiger charge is 2.50. The molecule has 0 bridgehead atoms. The average molecular weight is 323 g/mol. The van der Waals surface area contributed by atoms with Crippen LogP contribution in [0.4, 0.5) is 0 Å². The van der Waals surface area contributed by atoms with Crippen molar-refractivity contribution >= 4 is 5.91 Å². The molecule has 0 spiro atoms. The van der Waals surface area contributed by atoms with E-state index < -0.39 is 11.6 Å². The third-order valence-corrected chi connectivity index (χ3v) is 4.48. The van der Waals surface area contributed by atoms with Crippen molar-refractivity contribution in [2.45, 2.75) is 37.6 Å². The van der Waals surface area contributed by atoms with Crippen molar-refractivity contribution in [2.75, 3.05) is 0 Å². The molecule has 0 aliphatic carbocycles. The molecular formula is C20H23N2O2. The molecule has 2 unspecified atom stereocenters. The Hall–Kier alpha value is -2.17. The predicted molar refractivity (Wildman–Crippen MR) is 94.1 cm³/mol. The number of amides is 1. The number of nitrogens with one attached hydrogen (secondary N) is 2. The SMILES string of the molecule is CC1NC(=O)[C@](Cc2ccccc2)(C(O)[CH]Cc2ccccc2)N1. The van der Waals surface area contributed by atoms with Gasteiger partial charge in [0.25, 0.3) is 0 Å². The third-order valence-electron chi connectivity index (χ3n) is 4.48. The molecule has 1 aliphatic rings. The third kappa shape index (κ3) is 3.50. The molecule has 4 heteroatoms. The summed E-state index contributed by atoms with van der Waals surface area (Å²) in [5, 5.41) is 17.0. The van der Waals surface area contributed by atoms with Crippen molar-refractivity contribution in [2.24, 2.45) is 0 Å². The first kappa shape index (κ1) is 16.7. The Morgan fingerprint density at radius 1 is 1.08 bits per heavy atom. The summed E-state index contributed by atoms with van der Waals surface area (Å²) in [5.41, 5.74) is 1.09. The second-order valence-corrected chi connectivity index (χ2v) is 6.34. The zero-order chi connectivity index (χ0) is 17.0. The number of hydrogen-bond donors (Lipinski definition) is 3. The van der Waals surface area contributed by atoms with E-state index in [-0.39, 0.29) is 12.1 Å². The Bertz CT molecular complexity index is 675. The van der Waals surface area contributed by atoms with Crippen LogP contribution in [0.15, 0.2) is 60.7 Å². The minimum absolute atomic E-state index is 0.157. The van der Waals surface area contributed by atoms with Crippen molar-refractivity contribution in [3.8, 4) is 0 Å². The standard InChI is InChI=1S/C20H23N2O2/c1-15-21-19(24)20(22-15,14-17-10-6-3-7-11-17)18(23)13-12-16-8-4-2-5-9-16/h2-11,13,15,18,22-23H,12,14H2,1H3,(H,21,24)/t15?,18?,20-/m0/s1. The second-order valence-electron chi connectivity index (χ2n) is 6.34. The first-order chi connectivity index (χ1) is 11.6. The van der Waals surface area contributed by atoms with E-state index in [9.17, 15) is 9.90 Å². The molecule has 125 valence electrons. The molecule has 1 heterocycles. The van der Waals surface area contributed by atoms with Gasteiger partial charge in [-0.3, -0.25) is 10.1 Å². The summed E-state index contributed by atoms with van der Waals surface area (Å²) >= 11 is 0. The maximum absolute atomic E-state index is 12.6. The molecular weight excluding hydrogens is 300 g/mol. The molecule has 2 aromatic carbocycles. The normalized spacial score (nSPS) is 24.6. The van der Waals surface area contributed by atoms with Crippen LogP contribution in [0.25, 0.3) is 0 Å². The molecule has 1 radical (unpaired) electrons. The van der Waals surface area contributed by atoms with Gasteiger partial charge in [0.05, 0.1) is 12.3 Å². The molecule has 3 atom stereocenters. The molecule has 1 saturated heterocycles. The van der Waals surface area contributed by atoms with E-state index in [1.807, 2.05) is 74.0 Å².